The van der Waals surface area contributed by atoms with E-state index in [1.807, 2.05) is 0 Å². The van der Waals surface area contributed by atoms with Gasteiger partial charge in [0.2, 0.25) is 0 Å². The molecule has 1 saturated carbocycles. The van der Waals surface area contributed by atoms with Crippen molar-refractivity contribution in [1.29, 1.82) is 0 Å². The highest BCUT2D eigenvalue weighted by atomic mass is 19.4. The standard InChI is InChI=1S/C15H20F3NO2/c1-21-13-7-2-10(14(20)8-13)9-19-12-5-3-11(4-6-12)15(16,17)18/h2,7-8,11-12,19-20H,3-6,9H2,1H3. The van der Waals surface area contributed by atoms with E-state index in [2.05, 4.69) is 5.32 Å². The molecule has 0 unspecified atom stereocenters. The van der Waals surface area contributed by atoms with Gasteiger partial charge in [-0.15, -0.1) is 0 Å². The highest BCUT2D eigenvalue weighted by Crippen LogP contribution is 2.37. The second-order valence-electron chi connectivity index (χ2n) is 5.47. The maximum absolute atomic E-state index is 12.6. The highest BCUT2D eigenvalue weighted by Gasteiger charge is 2.41. The van der Waals surface area contributed by atoms with Crippen molar-refractivity contribution in [2.45, 2.75) is 44.4 Å². The van der Waals surface area contributed by atoms with Crippen LogP contribution in [-0.4, -0.2) is 24.4 Å². The van der Waals surface area contributed by atoms with E-state index in [9.17, 15) is 18.3 Å². The first-order valence-electron chi connectivity index (χ1n) is 7.06. The molecule has 0 aromatic heterocycles. The maximum atomic E-state index is 12.6. The molecular weight excluding hydrogens is 283 g/mol. The van der Waals surface area contributed by atoms with Crippen molar-refractivity contribution in [3.63, 3.8) is 0 Å². The van der Waals surface area contributed by atoms with Crippen LogP contribution in [0.15, 0.2) is 18.2 Å². The Kier molecular flexibility index (Phi) is 4.98. The second kappa shape index (κ2) is 6.56. The van der Waals surface area contributed by atoms with Gasteiger partial charge in [0, 0.05) is 24.2 Å². The Balaban J connectivity index is 1.82. The number of phenolic OH excluding ortho intramolecular Hbond substituents is 1. The lowest BCUT2D eigenvalue weighted by atomic mass is 9.85. The molecule has 21 heavy (non-hydrogen) atoms. The van der Waals surface area contributed by atoms with Crippen LogP contribution in [0.25, 0.3) is 0 Å². The summed E-state index contributed by atoms with van der Waals surface area (Å²) in [6, 6.07) is 5.10. The number of halogens is 3. The van der Waals surface area contributed by atoms with Gasteiger partial charge in [-0.1, -0.05) is 6.07 Å². The van der Waals surface area contributed by atoms with Crippen LogP contribution < -0.4 is 10.1 Å². The lowest BCUT2D eigenvalue weighted by molar-refractivity contribution is -0.182. The molecule has 1 aromatic carbocycles. The summed E-state index contributed by atoms with van der Waals surface area (Å²) in [6.07, 6.45) is -2.69. The molecule has 1 aliphatic carbocycles. The van der Waals surface area contributed by atoms with Gasteiger partial charge in [-0.05, 0) is 31.7 Å². The minimum atomic E-state index is -4.07. The maximum Gasteiger partial charge on any atom is 0.391 e. The zero-order valence-electron chi connectivity index (χ0n) is 11.9. The predicted octanol–water partition coefficient (Wildman–Crippen LogP) is 3.61. The monoisotopic (exact) mass is 303 g/mol. The summed E-state index contributed by atoms with van der Waals surface area (Å²) in [6.45, 7) is 0.442. The summed E-state index contributed by atoms with van der Waals surface area (Å²) in [4.78, 5) is 0. The number of hydrogen-bond acceptors (Lipinski definition) is 3. The predicted molar refractivity (Wildman–Crippen MR) is 73.3 cm³/mol. The van der Waals surface area contributed by atoms with Gasteiger partial charge in [-0.25, -0.2) is 0 Å². The van der Waals surface area contributed by atoms with E-state index in [1.165, 1.54) is 13.2 Å². The Morgan fingerprint density at radius 1 is 1.24 bits per heavy atom. The van der Waals surface area contributed by atoms with Crippen LogP contribution in [-0.2, 0) is 6.54 Å². The van der Waals surface area contributed by atoms with Gasteiger partial charge in [-0.2, -0.15) is 13.2 Å². The molecule has 1 aliphatic rings. The average molecular weight is 303 g/mol. The molecule has 0 atom stereocenters. The number of benzene rings is 1. The van der Waals surface area contributed by atoms with Gasteiger partial charge >= 0.3 is 6.18 Å². The second-order valence-corrected chi connectivity index (χ2v) is 5.47. The van der Waals surface area contributed by atoms with Crippen LogP contribution in [0.5, 0.6) is 11.5 Å². The molecule has 0 spiro atoms. The van der Waals surface area contributed by atoms with Crippen molar-refractivity contribution in [2.24, 2.45) is 5.92 Å². The molecule has 0 heterocycles. The van der Waals surface area contributed by atoms with Crippen molar-refractivity contribution in [2.75, 3.05) is 7.11 Å². The van der Waals surface area contributed by atoms with Crippen LogP contribution in [0.2, 0.25) is 0 Å². The summed E-state index contributed by atoms with van der Waals surface area (Å²) < 4.78 is 42.7. The number of rotatable bonds is 4. The number of nitrogens with one attached hydrogen (secondary N) is 1. The molecule has 118 valence electrons. The number of hydrogen-bond donors (Lipinski definition) is 2. The number of ether oxygens (including phenoxy) is 1. The van der Waals surface area contributed by atoms with E-state index in [0.29, 0.717) is 30.7 Å². The third-order valence-corrected chi connectivity index (χ3v) is 4.06. The Morgan fingerprint density at radius 3 is 2.43 bits per heavy atom. The largest absolute Gasteiger partial charge is 0.507 e. The molecule has 0 aliphatic heterocycles. The van der Waals surface area contributed by atoms with Gasteiger partial charge in [-0.3, -0.25) is 0 Å². The number of phenols is 1. The first-order chi connectivity index (χ1) is 9.90. The van der Waals surface area contributed by atoms with E-state index in [4.69, 9.17) is 4.74 Å². The third-order valence-electron chi connectivity index (χ3n) is 4.06. The normalized spacial score (nSPS) is 23.0. The molecule has 1 aromatic rings. The van der Waals surface area contributed by atoms with E-state index in [-0.39, 0.29) is 24.6 Å². The molecule has 0 radical (unpaired) electrons. The van der Waals surface area contributed by atoms with Crippen LogP contribution in [0.4, 0.5) is 13.2 Å². The Bertz CT molecular complexity index is 468. The Morgan fingerprint density at radius 2 is 1.90 bits per heavy atom. The lowest BCUT2D eigenvalue weighted by Gasteiger charge is -2.30. The fraction of sp³-hybridized carbons (Fsp3) is 0.600. The van der Waals surface area contributed by atoms with Crippen molar-refractivity contribution in [3.05, 3.63) is 23.8 Å². The molecule has 6 heteroatoms. The minimum Gasteiger partial charge on any atom is -0.507 e. The molecule has 0 saturated heterocycles. The van der Waals surface area contributed by atoms with Crippen molar-refractivity contribution < 1.29 is 23.0 Å². The van der Waals surface area contributed by atoms with Crippen LogP contribution in [0, 0.1) is 5.92 Å². The molecule has 2 rings (SSSR count). The van der Waals surface area contributed by atoms with Gasteiger partial charge in [0.15, 0.2) is 0 Å². The molecule has 3 nitrogen and oxygen atoms in total. The highest BCUT2D eigenvalue weighted by molar-refractivity contribution is 5.39. The Hall–Kier alpha value is -1.43. The van der Waals surface area contributed by atoms with Gasteiger partial charge < -0.3 is 15.2 Å². The number of alkyl halides is 3. The smallest absolute Gasteiger partial charge is 0.391 e. The fourth-order valence-electron chi connectivity index (χ4n) is 2.70. The molecule has 0 amide bonds. The van der Waals surface area contributed by atoms with Crippen LogP contribution in [0.1, 0.15) is 31.2 Å². The van der Waals surface area contributed by atoms with Crippen molar-refractivity contribution >= 4 is 0 Å². The van der Waals surface area contributed by atoms with E-state index >= 15 is 0 Å². The number of aromatic hydroxyl groups is 1. The van der Waals surface area contributed by atoms with Gasteiger partial charge in [0.25, 0.3) is 0 Å². The molecular formula is C15H20F3NO2. The first kappa shape index (κ1) is 15.9. The summed E-state index contributed by atoms with van der Waals surface area (Å²) in [5.41, 5.74) is 0.716. The first-order valence-corrected chi connectivity index (χ1v) is 7.06. The zero-order chi connectivity index (χ0) is 15.5. The molecule has 1 fully saturated rings. The van der Waals surface area contributed by atoms with E-state index in [0.717, 1.165) is 0 Å². The van der Waals surface area contributed by atoms with Crippen LogP contribution >= 0.6 is 0 Å². The summed E-state index contributed by atoms with van der Waals surface area (Å²) in [5.74, 6) is -0.460. The molecule has 2 N–H and O–H groups in total. The minimum absolute atomic E-state index is 0.0742. The van der Waals surface area contributed by atoms with Gasteiger partial charge in [0.05, 0.1) is 13.0 Å². The molecule has 0 bridgehead atoms. The van der Waals surface area contributed by atoms with Crippen LogP contribution in [0.3, 0.4) is 0 Å². The van der Waals surface area contributed by atoms with Crippen molar-refractivity contribution in [1.82, 2.24) is 5.32 Å². The summed E-state index contributed by atoms with van der Waals surface area (Å²) in [7, 11) is 1.52. The SMILES string of the molecule is COc1ccc(CNC2CCC(C(F)(F)F)CC2)c(O)c1. The van der Waals surface area contributed by atoms with Crippen molar-refractivity contribution in [3.8, 4) is 11.5 Å². The summed E-state index contributed by atoms with van der Waals surface area (Å²) in [5, 5.41) is 13.1. The number of methoxy groups -OCH3 is 1. The quantitative estimate of drug-likeness (QED) is 0.893. The summed E-state index contributed by atoms with van der Waals surface area (Å²) >= 11 is 0. The zero-order valence-corrected chi connectivity index (χ0v) is 11.9. The fourth-order valence-corrected chi connectivity index (χ4v) is 2.70. The third kappa shape index (κ3) is 4.27. The lowest BCUT2D eigenvalue weighted by Crippen LogP contribution is -2.36. The Labute approximate surface area is 122 Å². The average Bonchev–Trinajstić information content (AvgIpc) is 2.45. The van der Waals surface area contributed by atoms with E-state index in [1.54, 1.807) is 12.1 Å². The van der Waals surface area contributed by atoms with E-state index < -0.39 is 12.1 Å². The topological polar surface area (TPSA) is 41.5 Å². The van der Waals surface area contributed by atoms with Gasteiger partial charge in [0.1, 0.15) is 11.5 Å².